The van der Waals surface area contributed by atoms with Crippen LogP contribution >= 0.6 is 11.6 Å². The molecule has 0 aliphatic heterocycles. The van der Waals surface area contributed by atoms with Crippen LogP contribution in [0.25, 0.3) is 0 Å². The smallest absolute Gasteiger partial charge is 0.240 e. The highest BCUT2D eigenvalue weighted by atomic mass is 35.5. The Morgan fingerprint density at radius 3 is 2.45 bits per heavy atom. The van der Waals surface area contributed by atoms with Crippen LogP contribution in [0.1, 0.15) is 37.8 Å². The van der Waals surface area contributed by atoms with E-state index in [-0.39, 0.29) is 24.7 Å². The third kappa shape index (κ3) is 8.35. The van der Waals surface area contributed by atoms with Crippen LogP contribution in [-0.2, 0) is 9.59 Å². The quantitative estimate of drug-likeness (QED) is 0.465. The van der Waals surface area contributed by atoms with E-state index in [1.807, 2.05) is 37.3 Å². The molecule has 2 rings (SSSR count). The minimum atomic E-state index is -0.338. The third-order valence-electron chi connectivity index (χ3n) is 3.90. The van der Waals surface area contributed by atoms with Crippen molar-refractivity contribution in [3.8, 4) is 5.75 Å². The number of halogens is 1. The summed E-state index contributed by atoms with van der Waals surface area (Å²) in [5.41, 5.74) is 4.78. The molecule has 0 aromatic heterocycles. The molecule has 0 atom stereocenters. The van der Waals surface area contributed by atoms with Gasteiger partial charge in [-0.2, -0.15) is 5.10 Å². The molecule has 2 aromatic carbocycles. The largest absolute Gasteiger partial charge is 0.493 e. The Kier molecular flexibility index (Phi) is 8.68. The third-order valence-corrected chi connectivity index (χ3v) is 4.31. The van der Waals surface area contributed by atoms with Crippen molar-refractivity contribution in [2.45, 2.75) is 33.6 Å². The zero-order chi connectivity index (χ0) is 21.2. The van der Waals surface area contributed by atoms with Gasteiger partial charge in [-0.25, -0.2) is 5.43 Å². The average molecular weight is 416 g/mol. The monoisotopic (exact) mass is 415 g/mol. The molecule has 2 amide bonds. The van der Waals surface area contributed by atoms with Gasteiger partial charge in [0.05, 0.1) is 12.8 Å². The fourth-order valence-corrected chi connectivity index (χ4v) is 2.45. The molecule has 0 spiro atoms. The Morgan fingerprint density at radius 1 is 1.10 bits per heavy atom. The summed E-state index contributed by atoms with van der Waals surface area (Å²) in [5, 5.41) is 7.21. The zero-order valence-electron chi connectivity index (χ0n) is 16.9. The van der Waals surface area contributed by atoms with E-state index in [0.717, 1.165) is 16.9 Å². The molecule has 0 saturated heterocycles. The van der Waals surface area contributed by atoms with E-state index in [1.165, 1.54) is 0 Å². The fourth-order valence-electron chi connectivity index (χ4n) is 2.27. The van der Waals surface area contributed by atoms with Gasteiger partial charge in [0.1, 0.15) is 5.75 Å². The molecule has 0 aliphatic rings. The van der Waals surface area contributed by atoms with Crippen molar-refractivity contribution < 1.29 is 14.3 Å². The highest BCUT2D eigenvalue weighted by Gasteiger charge is 2.07. The molecule has 0 radical (unpaired) electrons. The minimum Gasteiger partial charge on any atom is -0.493 e. The van der Waals surface area contributed by atoms with Gasteiger partial charge in [0, 0.05) is 23.6 Å². The fraction of sp³-hybridized carbons (Fsp3) is 0.318. The number of hydrazone groups is 1. The number of ether oxygens (including phenoxy) is 1. The number of nitrogens with zero attached hydrogens (tertiary/aromatic N) is 1. The molecule has 2 aromatic rings. The lowest BCUT2D eigenvalue weighted by Crippen LogP contribution is -2.20. The molecule has 0 aliphatic carbocycles. The van der Waals surface area contributed by atoms with E-state index in [1.54, 1.807) is 18.3 Å². The molecular weight excluding hydrogens is 390 g/mol. The van der Waals surface area contributed by atoms with Crippen molar-refractivity contribution in [3.05, 3.63) is 58.6 Å². The summed E-state index contributed by atoms with van der Waals surface area (Å²) in [6.07, 6.45) is 1.62. The highest BCUT2D eigenvalue weighted by molar-refractivity contribution is 6.31. The maximum absolute atomic E-state index is 12.0. The second-order valence-corrected chi connectivity index (χ2v) is 7.49. The first-order valence-electron chi connectivity index (χ1n) is 9.44. The summed E-state index contributed by atoms with van der Waals surface area (Å²) in [6, 6.07) is 12.7. The molecule has 29 heavy (non-hydrogen) atoms. The normalized spacial score (nSPS) is 10.9. The van der Waals surface area contributed by atoms with Crippen molar-refractivity contribution >= 4 is 35.3 Å². The van der Waals surface area contributed by atoms with Crippen molar-refractivity contribution in [3.63, 3.8) is 0 Å². The van der Waals surface area contributed by atoms with Gasteiger partial charge in [-0.15, -0.1) is 0 Å². The lowest BCUT2D eigenvalue weighted by atomic mass is 10.2. The van der Waals surface area contributed by atoms with Gasteiger partial charge < -0.3 is 10.1 Å². The topological polar surface area (TPSA) is 79.8 Å². The van der Waals surface area contributed by atoms with Crippen molar-refractivity contribution in [2.24, 2.45) is 11.0 Å². The highest BCUT2D eigenvalue weighted by Crippen LogP contribution is 2.20. The maximum Gasteiger partial charge on any atom is 0.240 e. The number of carbonyl (C=O) groups excluding carboxylic acids is 2. The molecular formula is C22H26ClN3O3. The first-order valence-corrected chi connectivity index (χ1v) is 9.82. The summed E-state index contributed by atoms with van der Waals surface area (Å²) < 4.78 is 5.61. The Morgan fingerprint density at radius 2 is 1.79 bits per heavy atom. The molecule has 154 valence electrons. The summed E-state index contributed by atoms with van der Waals surface area (Å²) in [5.74, 6) is 0.653. The number of rotatable bonds is 9. The van der Waals surface area contributed by atoms with Gasteiger partial charge in [0.2, 0.25) is 11.8 Å². The van der Waals surface area contributed by atoms with E-state index in [9.17, 15) is 9.59 Å². The number of amides is 2. The van der Waals surface area contributed by atoms with E-state index in [4.69, 9.17) is 16.3 Å². The lowest BCUT2D eigenvalue weighted by Gasteiger charge is -2.08. The van der Waals surface area contributed by atoms with Crippen molar-refractivity contribution in [1.29, 1.82) is 0 Å². The second kappa shape index (κ2) is 11.2. The van der Waals surface area contributed by atoms with Gasteiger partial charge in [0.15, 0.2) is 0 Å². The van der Waals surface area contributed by atoms with Crippen LogP contribution in [0.2, 0.25) is 5.02 Å². The standard InChI is InChI=1S/C22H26ClN3O3/c1-15(2)14-29-19-8-5-17(6-9-19)13-24-26-22(28)11-10-21(27)25-18-7-4-16(3)20(23)12-18/h4-9,12-13,15H,10-11,14H2,1-3H3,(H,25,27)(H,26,28). The number of hydrogen-bond acceptors (Lipinski definition) is 4. The molecule has 0 bridgehead atoms. The number of anilines is 1. The van der Waals surface area contributed by atoms with Crippen LogP contribution in [0, 0.1) is 12.8 Å². The van der Waals surface area contributed by atoms with Crippen LogP contribution in [0.4, 0.5) is 5.69 Å². The van der Waals surface area contributed by atoms with E-state index in [2.05, 4.69) is 29.7 Å². The van der Waals surface area contributed by atoms with Crippen LogP contribution in [0.15, 0.2) is 47.6 Å². The SMILES string of the molecule is Cc1ccc(NC(=O)CCC(=O)NN=Cc2ccc(OCC(C)C)cc2)cc1Cl. The lowest BCUT2D eigenvalue weighted by molar-refractivity contribution is -0.124. The molecule has 0 heterocycles. The van der Waals surface area contributed by atoms with E-state index >= 15 is 0 Å². The van der Waals surface area contributed by atoms with Crippen LogP contribution in [0.3, 0.4) is 0 Å². The predicted molar refractivity (Wildman–Crippen MR) is 117 cm³/mol. The molecule has 6 nitrogen and oxygen atoms in total. The molecule has 0 saturated carbocycles. The Hall–Kier alpha value is -2.86. The average Bonchev–Trinajstić information content (AvgIpc) is 2.68. The van der Waals surface area contributed by atoms with E-state index in [0.29, 0.717) is 23.2 Å². The summed E-state index contributed by atoms with van der Waals surface area (Å²) in [7, 11) is 0. The Labute approximate surface area is 176 Å². The van der Waals surface area contributed by atoms with Gasteiger partial charge in [0.25, 0.3) is 0 Å². The number of nitrogens with one attached hydrogen (secondary N) is 2. The van der Waals surface area contributed by atoms with Crippen LogP contribution in [-0.4, -0.2) is 24.6 Å². The molecule has 2 N–H and O–H groups in total. The Bertz CT molecular complexity index is 864. The molecule has 0 unspecified atom stereocenters. The van der Waals surface area contributed by atoms with Crippen LogP contribution in [0.5, 0.6) is 5.75 Å². The number of aryl methyl sites for hydroxylation is 1. The van der Waals surface area contributed by atoms with E-state index < -0.39 is 0 Å². The first kappa shape index (κ1) is 22.4. The summed E-state index contributed by atoms with van der Waals surface area (Å²) in [4.78, 5) is 23.8. The zero-order valence-corrected chi connectivity index (χ0v) is 17.6. The van der Waals surface area contributed by atoms with Crippen LogP contribution < -0.4 is 15.5 Å². The molecule has 0 fully saturated rings. The van der Waals surface area contributed by atoms with Gasteiger partial charge in [-0.1, -0.05) is 31.5 Å². The molecule has 7 heteroatoms. The van der Waals surface area contributed by atoms with Crippen molar-refractivity contribution in [1.82, 2.24) is 5.43 Å². The summed E-state index contributed by atoms with van der Waals surface area (Å²) >= 11 is 6.03. The maximum atomic E-state index is 12.0. The van der Waals surface area contributed by atoms with Gasteiger partial charge >= 0.3 is 0 Å². The number of hydrogen-bond donors (Lipinski definition) is 2. The summed E-state index contributed by atoms with van der Waals surface area (Å²) in [6.45, 7) is 6.72. The van der Waals surface area contributed by atoms with Crippen molar-refractivity contribution in [2.75, 3.05) is 11.9 Å². The first-order chi connectivity index (χ1) is 13.8. The number of carbonyl (C=O) groups is 2. The minimum absolute atomic E-state index is 0.0325. The van der Waals surface area contributed by atoms with Gasteiger partial charge in [-0.05, 0) is 60.4 Å². The second-order valence-electron chi connectivity index (χ2n) is 7.08. The predicted octanol–water partition coefficient (Wildman–Crippen LogP) is 4.55. The number of benzene rings is 2. The van der Waals surface area contributed by atoms with Gasteiger partial charge in [-0.3, -0.25) is 9.59 Å². The Balaban J connectivity index is 1.72.